The summed E-state index contributed by atoms with van der Waals surface area (Å²) < 4.78 is 52.5. The molecule has 4 fully saturated rings. The largest absolute Gasteiger partial charge is 0.456 e. The highest BCUT2D eigenvalue weighted by atomic mass is 19.4. The zero-order valence-electron chi connectivity index (χ0n) is 15.1. The number of fused-ring (bicyclic) bond motifs is 2. The van der Waals surface area contributed by atoms with Crippen LogP contribution < -0.4 is 5.32 Å². The van der Waals surface area contributed by atoms with Crippen molar-refractivity contribution in [3.63, 3.8) is 0 Å². The maximum absolute atomic E-state index is 13.8. The minimum Gasteiger partial charge on any atom is -0.456 e. The highest BCUT2D eigenvalue weighted by Crippen LogP contribution is 2.59. The molecule has 0 radical (unpaired) electrons. The Morgan fingerprint density at radius 3 is 2.73 bits per heavy atom. The predicted molar refractivity (Wildman–Crippen MR) is 85.5 cm³/mol. The van der Waals surface area contributed by atoms with E-state index >= 15 is 0 Å². The van der Waals surface area contributed by atoms with Crippen LogP contribution in [0.2, 0.25) is 0 Å². The van der Waals surface area contributed by atoms with E-state index in [1.54, 1.807) is 0 Å². The zero-order chi connectivity index (χ0) is 18.5. The molecule has 4 heterocycles. The van der Waals surface area contributed by atoms with Crippen molar-refractivity contribution in [2.45, 2.75) is 70.3 Å². The van der Waals surface area contributed by atoms with Crippen molar-refractivity contribution in [2.24, 2.45) is 17.8 Å². The molecule has 26 heavy (non-hydrogen) atoms. The molecule has 1 aliphatic carbocycles. The van der Waals surface area contributed by atoms with Gasteiger partial charge in [0.1, 0.15) is 0 Å². The van der Waals surface area contributed by atoms with Crippen molar-refractivity contribution in [1.29, 1.82) is 0 Å². The maximum Gasteiger partial charge on any atom is 0.449 e. The number of ether oxygens (including phenoxy) is 2. The summed E-state index contributed by atoms with van der Waals surface area (Å²) in [6, 6.07) is 0. The summed E-state index contributed by atoms with van der Waals surface area (Å²) in [4.78, 5) is 11.3. The van der Waals surface area contributed by atoms with Crippen molar-refractivity contribution >= 4 is 0 Å². The van der Waals surface area contributed by atoms with Gasteiger partial charge in [0, 0.05) is 24.8 Å². The van der Waals surface area contributed by atoms with Crippen LogP contribution in [-0.4, -0.2) is 37.4 Å². The summed E-state index contributed by atoms with van der Waals surface area (Å²) in [5.41, 5.74) is -0.755. The lowest BCUT2D eigenvalue weighted by Gasteiger charge is -2.56. The van der Waals surface area contributed by atoms with Crippen LogP contribution in [-0.2, 0) is 19.2 Å². The van der Waals surface area contributed by atoms with E-state index in [4.69, 9.17) is 19.2 Å². The molecule has 1 unspecified atom stereocenters. The van der Waals surface area contributed by atoms with Gasteiger partial charge in [-0.15, -0.1) is 0 Å². The van der Waals surface area contributed by atoms with Crippen molar-refractivity contribution in [1.82, 2.24) is 5.32 Å². The van der Waals surface area contributed by atoms with Crippen LogP contribution in [0.1, 0.15) is 46.0 Å². The fourth-order valence-corrected chi connectivity index (χ4v) is 5.16. The molecule has 1 saturated carbocycles. The second kappa shape index (κ2) is 6.65. The molecule has 0 aromatic carbocycles. The quantitative estimate of drug-likeness (QED) is 0.599. The lowest BCUT2D eigenvalue weighted by atomic mass is 9.59. The third-order valence-corrected chi connectivity index (χ3v) is 6.32. The van der Waals surface area contributed by atoms with E-state index in [1.165, 1.54) is 0 Å². The standard InChI is InChI=1S/C18H26F3NO4/c1-3-8-22-9-11-13-5-4-10(2)12-6-7-14-23-16(17(12,13)26-25-14)24-15(11)18(19,20)21/h10,12-14,16,22H,3-9H2,1-2H3/t10-,12?,13+,14-,16+,17-/m1/s1. The van der Waals surface area contributed by atoms with E-state index in [0.717, 1.165) is 19.3 Å². The minimum absolute atomic E-state index is 0.0507. The van der Waals surface area contributed by atoms with Gasteiger partial charge in [-0.2, -0.15) is 13.2 Å². The molecule has 148 valence electrons. The highest BCUT2D eigenvalue weighted by Gasteiger charge is 2.68. The Labute approximate surface area is 151 Å². The van der Waals surface area contributed by atoms with E-state index in [0.29, 0.717) is 25.3 Å². The van der Waals surface area contributed by atoms with Gasteiger partial charge in [0.15, 0.2) is 11.9 Å². The molecular formula is C18H26F3NO4. The Kier molecular flexibility index (Phi) is 4.74. The van der Waals surface area contributed by atoms with Crippen LogP contribution in [0.5, 0.6) is 0 Å². The van der Waals surface area contributed by atoms with Gasteiger partial charge in [-0.05, 0) is 43.7 Å². The predicted octanol–water partition coefficient (Wildman–Crippen LogP) is 3.66. The molecular weight excluding hydrogens is 351 g/mol. The van der Waals surface area contributed by atoms with E-state index < -0.39 is 36.0 Å². The van der Waals surface area contributed by atoms with Crippen LogP contribution in [0.4, 0.5) is 13.2 Å². The van der Waals surface area contributed by atoms with Gasteiger partial charge in [0.25, 0.3) is 0 Å². The molecule has 6 atom stereocenters. The molecule has 5 nitrogen and oxygen atoms in total. The number of rotatable bonds is 4. The van der Waals surface area contributed by atoms with Crippen LogP contribution in [0.15, 0.2) is 11.3 Å². The fourth-order valence-electron chi connectivity index (χ4n) is 5.16. The average molecular weight is 377 g/mol. The summed E-state index contributed by atoms with van der Waals surface area (Å²) in [5, 5.41) is 3.11. The summed E-state index contributed by atoms with van der Waals surface area (Å²) in [7, 11) is 0. The first-order valence-corrected chi connectivity index (χ1v) is 9.55. The smallest absolute Gasteiger partial charge is 0.449 e. The first-order valence-electron chi connectivity index (χ1n) is 9.55. The molecule has 1 spiro atoms. The van der Waals surface area contributed by atoms with Crippen molar-refractivity contribution in [3.8, 4) is 0 Å². The molecule has 1 N–H and O–H groups in total. The highest BCUT2D eigenvalue weighted by molar-refractivity contribution is 5.28. The van der Waals surface area contributed by atoms with Crippen LogP contribution in [0.25, 0.3) is 0 Å². The Balaban J connectivity index is 1.78. The van der Waals surface area contributed by atoms with E-state index in [1.807, 2.05) is 6.92 Å². The van der Waals surface area contributed by atoms with Gasteiger partial charge in [-0.1, -0.05) is 13.8 Å². The second-order valence-corrected chi connectivity index (χ2v) is 7.87. The molecule has 5 rings (SSSR count). The number of allylic oxidation sites excluding steroid dienone is 1. The zero-order valence-corrected chi connectivity index (χ0v) is 15.1. The average Bonchev–Trinajstić information content (AvgIpc) is 2.87. The molecule has 3 saturated heterocycles. The number of halogens is 3. The Bertz CT molecular complexity index is 581. The third-order valence-electron chi connectivity index (χ3n) is 6.32. The van der Waals surface area contributed by atoms with Crippen molar-refractivity contribution in [3.05, 3.63) is 11.3 Å². The fraction of sp³-hybridized carbons (Fsp3) is 0.889. The SMILES string of the molecule is CCCNCC1=C(C(F)(F)F)O[C@@H]2O[C@H]3CCC4[C@H](C)CC[C@@H]1[C@]42OO3. The molecule has 2 bridgehead atoms. The number of hydrogen-bond acceptors (Lipinski definition) is 5. The summed E-state index contributed by atoms with van der Waals surface area (Å²) in [6.45, 7) is 4.89. The summed E-state index contributed by atoms with van der Waals surface area (Å²) in [6.07, 6.45) is -2.58. The lowest BCUT2D eigenvalue weighted by Crippen LogP contribution is -2.66. The molecule has 5 aliphatic rings. The molecule has 0 amide bonds. The second-order valence-electron chi connectivity index (χ2n) is 7.87. The van der Waals surface area contributed by atoms with Gasteiger partial charge >= 0.3 is 6.18 Å². The number of nitrogens with one attached hydrogen (secondary N) is 1. The topological polar surface area (TPSA) is 49.0 Å². The summed E-state index contributed by atoms with van der Waals surface area (Å²) in [5.74, 6) is -0.970. The number of hydrogen-bond donors (Lipinski definition) is 1. The van der Waals surface area contributed by atoms with Crippen molar-refractivity contribution < 1.29 is 32.4 Å². The lowest BCUT2D eigenvalue weighted by molar-refractivity contribution is -0.528. The van der Waals surface area contributed by atoms with Crippen LogP contribution in [0, 0.1) is 17.8 Å². The Morgan fingerprint density at radius 2 is 2.00 bits per heavy atom. The molecule has 0 aromatic heterocycles. The number of alkyl halides is 3. The molecule has 8 heteroatoms. The van der Waals surface area contributed by atoms with Crippen molar-refractivity contribution in [2.75, 3.05) is 13.1 Å². The first-order chi connectivity index (χ1) is 12.4. The van der Waals surface area contributed by atoms with Gasteiger partial charge in [-0.3, -0.25) is 0 Å². The van der Waals surface area contributed by atoms with E-state index in [-0.39, 0.29) is 18.0 Å². The molecule has 0 aromatic rings. The summed E-state index contributed by atoms with van der Waals surface area (Å²) >= 11 is 0. The minimum atomic E-state index is -4.56. The molecule has 4 aliphatic heterocycles. The maximum atomic E-state index is 13.8. The monoisotopic (exact) mass is 377 g/mol. The van der Waals surface area contributed by atoms with Crippen LogP contribution in [0.3, 0.4) is 0 Å². The van der Waals surface area contributed by atoms with E-state index in [9.17, 15) is 13.2 Å². The third kappa shape index (κ3) is 2.77. The normalized spacial score (nSPS) is 42.3. The Hall–Kier alpha value is -0.830. The first kappa shape index (κ1) is 18.5. The van der Waals surface area contributed by atoms with Gasteiger partial charge < -0.3 is 14.8 Å². The van der Waals surface area contributed by atoms with Gasteiger partial charge in [0.05, 0.1) is 0 Å². The van der Waals surface area contributed by atoms with Gasteiger partial charge in [-0.25, -0.2) is 9.78 Å². The van der Waals surface area contributed by atoms with Gasteiger partial charge in [0.2, 0.25) is 12.0 Å². The van der Waals surface area contributed by atoms with E-state index in [2.05, 4.69) is 12.2 Å². The van der Waals surface area contributed by atoms with Crippen LogP contribution >= 0.6 is 0 Å². The Morgan fingerprint density at radius 1 is 1.19 bits per heavy atom.